The van der Waals surface area contributed by atoms with Gasteiger partial charge in [0.2, 0.25) is 0 Å². The summed E-state index contributed by atoms with van der Waals surface area (Å²) >= 11 is 0. The summed E-state index contributed by atoms with van der Waals surface area (Å²) in [5.74, 6) is 0.144. The van der Waals surface area contributed by atoms with Crippen LogP contribution in [0.2, 0.25) is 0 Å². The second-order valence-electron chi connectivity index (χ2n) is 6.49. The van der Waals surface area contributed by atoms with Gasteiger partial charge in [0.25, 0.3) is 0 Å². The molecule has 0 atom stereocenters. The van der Waals surface area contributed by atoms with E-state index in [4.69, 9.17) is 4.74 Å². The molecule has 5 rings (SSSR count). The molecule has 0 saturated carbocycles. The van der Waals surface area contributed by atoms with Gasteiger partial charge in [-0.1, -0.05) is 42.5 Å². The van der Waals surface area contributed by atoms with E-state index in [0.29, 0.717) is 0 Å². The molecule has 0 amide bonds. The van der Waals surface area contributed by atoms with Gasteiger partial charge in [0.1, 0.15) is 0 Å². The summed E-state index contributed by atoms with van der Waals surface area (Å²) in [4.78, 5) is 16.7. The van der Waals surface area contributed by atoms with Crippen molar-refractivity contribution in [1.82, 2.24) is 4.98 Å². The van der Waals surface area contributed by atoms with Gasteiger partial charge in [-0.15, -0.1) is 0 Å². The molecule has 2 aliphatic rings. The maximum atomic E-state index is 13.2. The Labute approximate surface area is 134 Å². The largest absolute Gasteiger partial charge is 0.381 e. The third kappa shape index (κ3) is 1.60. The van der Waals surface area contributed by atoms with Crippen LogP contribution in [0, 0.1) is 0 Å². The molecule has 1 spiro atoms. The Hall–Kier alpha value is -2.39. The van der Waals surface area contributed by atoms with E-state index >= 15 is 0 Å². The van der Waals surface area contributed by atoms with Crippen molar-refractivity contribution in [2.24, 2.45) is 0 Å². The van der Waals surface area contributed by atoms with Crippen molar-refractivity contribution in [2.75, 3.05) is 13.2 Å². The van der Waals surface area contributed by atoms with Gasteiger partial charge in [0, 0.05) is 40.8 Å². The zero-order chi connectivity index (χ0) is 15.4. The van der Waals surface area contributed by atoms with Crippen molar-refractivity contribution in [3.05, 3.63) is 70.9 Å². The quantitative estimate of drug-likeness (QED) is 0.686. The fourth-order valence-electron chi connectivity index (χ4n) is 4.34. The fourth-order valence-corrected chi connectivity index (χ4v) is 4.34. The number of carbonyl (C=O) groups excluding carboxylic acids is 1. The molecule has 1 saturated heterocycles. The van der Waals surface area contributed by atoms with E-state index in [1.807, 2.05) is 36.4 Å². The molecule has 23 heavy (non-hydrogen) atoms. The second-order valence-corrected chi connectivity index (χ2v) is 6.49. The Morgan fingerprint density at radius 2 is 1.70 bits per heavy atom. The fraction of sp³-hybridized carbons (Fsp3) is 0.250. The minimum absolute atomic E-state index is 0.128. The lowest BCUT2D eigenvalue weighted by atomic mass is 9.65. The summed E-state index contributed by atoms with van der Waals surface area (Å²) in [5.41, 5.74) is 4.88. The van der Waals surface area contributed by atoms with Gasteiger partial charge in [0.05, 0.1) is 5.56 Å². The zero-order valence-corrected chi connectivity index (χ0v) is 12.8. The third-order valence-electron chi connectivity index (χ3n) is 5.45. The maximum absolute atomic E-state index is 13.2. The van der Waals surface area contributed by atoms with E-state index in [2.05, 4.69) is 17.1 Å². The molecule has 114 valence electrons. The lowest BCUT2D eigenvalue weighted by molar-refractivity contribution is 0.0602. The van der Waals surface area contributed by atoms with Gasteiger partial charge in [-0.2, -0.15) is 0 Å². The Morgan fingerprint density at radius 1 is 0.957 bits per heavy atom. The van der Waals surface area contributed by atoms with E-state index in [9.17, 15) is 4.79 Å². The van der Waals surface area contributed by atoms with Gasteiger partial charge in [-0.05, 0) is 24.5 Å². The van der Waals surface area contributed by atoms with Gasteiger partial charge >= 0.3 is 0 Å². The highest BCUT2D eigenvalue weighted by atomic mass is 16.5. The normalized spacial score (nSPS) is 18.9. The number of carbonyl (C=O) groups is 1. The predicted molar refractivity (Wildman–Crippen MR) is 89.0 cm³/mol. The second kappa shape index (κ2) is 4.56. The van der Waals surface area contributed by atoms with Crippen LogP contribution in [-0.4, -0.2) is 24.0 Å². The van der Waals surface area contributed by atoms with Gasteiger partial charge < -0.3 is 9.72 Å². The zero-order valence-electron chi connectivity index (χ0n) is 12.8. The topological polar surface area (TPSA) is 42.1 Å². The number of hydrogen-bond donors (Lipinski definition) is 1. The van der Waals surface area contributed by atoms with Crippen LogP contribution < -0.4 is 0 Å². The van der Waals surface area contributed by atoms with E-state index in [1.165, 1.54) is 0 Å². The Morgan fingerprint density at radius 3 is 2.57 bits per heavy atom. The van der Waals surface area contributed by atoms with Gasteiger partial charge in [-0.3, -0.25) is 4.79 Å². The molecule has 1 fully saturated rings. The number of ketones is 1. The van der Waals surface area contributed by atoms with Crippen LogP contribution in [0.15, 0.2) is 48.5 Å². The number of aromatic amines is 1. The van der Waals surface area contributed by atoms with Crippen molar-refractivity contribution < 1.29 is 9.53 Å². The molecule has 1 N–H and O–H groups in total. The maximum Gasteiger partial charge on any atom is 0.195 e. The molecule has 2 aromatic carbocycles. The summed E-state index contributed by atoms with van der Waals surface area (Å²) in [6.07, 6.45) is 1.83. The number of aromatic nitrogens is 1. The molecule has 0 unspecified atom stereocenters. The number of H-pyrrole nitrogens is 1. The average Bonchev–Trinajstić information content (AvgIpc) is 3.01. The lowest BCUT2D eigenvalue weighted by Crippen LogP contribution is -2.40. The highest BCUT2D eigenvalue weighted by Gasteiger charge is 2.46. The number of nitrogens with one attached hydrogen (secondary N) is 1. The summed E-state index contributed by atoms with van der Waals surface area (Å²) in [7, 11) is 0. The van der Waals surface area contributed by atoms with E-state index in [1.54, 1.807) is 0 Å². The number of fused-ring (bicyclic) bond motifs is 6. The van der Waals surface area contributed by atoms with E-state index < -0.39 is 0 Å². The highest BCUT2D eigenvalue weighted by Crippen LogP contribution is 2.49. The van der Waals surface area contributed by atoms with E-state index in [0.717, 1.165) is 59.3 Å². The minimum Gasteiger partial charge on any atom is -0.381 e. The number of rotatable bonds is 0. The summed E-state index contributed by atoms with van der Waals surface area (Å²) < 4.78 is 5.63. The van der Waals surface area contributed by atoms with Crippen molar-refractivity contribution in [2.45, 2.75) is 18.3 Å². The van der Waals surface area contributed by atoms with Crippen LogP contribution in [-0.2, 0) is 10.2 Å². The lowest BCUT2D eigenvalue weighted by Gasteiger charge is -2.41. The SMILES string of the molecule is O=C1c2ccccc2C2(CCOCC2)c2[nH]c3ccccc3c21. The smallest absolute Gasteiger partial charge is 0.195 e. The number of hydrogen-bond acceptors (Lipinski definition) is 2. The Balaban J connectivity index is 1.90. The van der Waals surface area contributed by atoms with Crippen molar-refractivity contribution in [3.63, 3.8) is 0 Å². The van der Waals surface area contributed by atoms with Crippen LogP contribution in [0.1, 0.15) is 40.0 Å². The summed E-state index contributed by atoms with van der Waals surface area (Å²) in [6.45, 7) is 1.47. The van der Waals surface area contributed by atoms with Crippen molar-refractivity contribution in [1.29, 1.82) is 0 Å². The molecule has 1 aliphatic carbocycles. The monoisotopic (exact) mass is 303 g/mol. The van der Waals surface area contributed by atoms with Crippen LogP contribution in [0.5, 0.6) is 0 Å². The summed E-state index contributed by atoms with van der Waals surface area (Å²) in [6, 6.07) is 16.2. The van der Waals surface area contributed by atoms with Crippen LogP contribution in [0.4, 0.5) is 0 Å². The number of benzene rings is 2. The molecule has 3 heteroatoms. The van der Waals surface area contributed by atoms with Crippen LogP contribution >= 0.6 is 0 Å². The highest BCUT2D eigenvalue weighted by molar-refractivity contribution is 6.20. The number of para-hydroxylation sites is 1. The molecule has 1 aliphatic heterocycles. The predicted octanol–water partition coefficient (Wildman–Crippen LogP) is 3.81. The first-order valence-corrected chi connectivity index (χ1v) is 8.14. The van der Waals surface area contributed by atoms with E-state index in [-0.39, 0.29) is 11.2 Å². The first-order valence-electron chi connectivity index (χ1n) is 8.14. The number of ether oxygens (including phenoxy) is 1. The third-order valence-corrected chi connectivity index (χ3v) is 5.45. The molecule has 2 heterocycles. The Bertz CT molecular complexity index is 932. The first kappa shape index (κ1) is 13.1. The van der Waals surface area contributed by atoms with Gasteiger partial charge in [0.15, 0.2) is 5.78 Å². The summed E-state index contributed by atoms with van der Waals surface area (Å²) in [5, 5.41) is 1.04. The van der Waals surface area contributed by atoms with Crippen molar-refractivity contribution in [3.8, 4) is 0 Å². The molecule has 1 aromatic heterocycles. The van der Waals surface area contributed by atoms with Gasteiger partial charge in [-0.25, -0.2) is 0 Å². The standard InChI is InChI=1S/C20H17NO2/c22-18-13-5-1-3-7-15(13)20(9-11-23-12-10-20)19-17(18)14-6-2-4-8-16(14)21-19/h1-8,21H,9-12H2. The minimum atomic E-state index is -0.128. The Kier molecular flexibility index (Phi) is 2.59. The van der Waals surface area contributed by atoms with Crippen LogP contribution in [0.3, 0.4) is 0 Å². The molecule has 3 nitrogen and oxygen atoms in total. The average molecular weight is 303 g/mol. The molecular weight excluding hydrogens is 286 g/mol. The molecule has 0 bridgehead atoms. The molecule has 3 aromatic rings. The van der Waals surface area contributed by atoms with Crippen molar-refractivity contribution >= 4 is 16.7 Å². The molecular formula is C20H17NO2. The van der Waals surface area contributed by atoms with Crippen LogP contribution in [0.25, 0.3) is 10.9 Å². The molecule has 0 radical (unpaired) electrons. The first-order chi connectivity index (χ1) is 11.3.